The van der Waals surface area contributed by atoms with Crippen molar-refractivity contribution in [2.45, 2.75) is 110 Å². The predicted molar refractivity (Wildman–Crippen MR) is 138 cm³/mol. The molecular formula is C29H48O6S. The Kier molecular flexibility index (Phi) is 6.25. The first-order chi connectivity index (χ1) is 16.9. The molecule has 4 saturated carbocycles. The molecule has 6 nitrogen and oxygen atoms in total. The van der Waals surface area contributed by atoms with Gasteiger partial charge in [0.1, 0.15) is 6.10 Å². The second-order valence-corrected chi connectivity index (χ2v) is 15.8. The van der Waals surface area contributed by atoms with Crippen LogP contribution in [-0.2, 0) is 28.5 Å². The Bertz CT molecular complexity index is 969. The molecule has 0 amide bonds. The average Bonchev–Trinajstić information content (AvgIpc) is 3.26. The van der Waals surface area contributed by atoms with Crippen LogP contribution in [0, 0.1) is 52.3 Å². The summed E-state index contributed by atoms with van der Waals surface area (Å²) in [6.07, 6.45) is 11.9. The maximum absolute atomic E-state index is 12.2. The number of methoxy groups -OCH3 is 1. The zero-order valence-corrected chi connectivity index (χ0v) is 24.0. The SMILES string of the molecule is CO[C@H]1CC[C@@]2(C)[C@@H](CC[C@@H]3[C@@H]2CC[C@]2(C)[C@@H]4[C@H](C[C@@H]32)O[C@@]2(OC[C@H](C)C[C@H]2OS(C)(=O)=O)[C@H]4C)C1. The van der Waals surface area contributed by atoms with Crippen LogP contribution >= 0.6 is 0 Å². The Morgan fingerprint density at radius 2 is 1.67 bits per heavy atom. The molecule has 0 aromatic heterocycles. The van der Waals surface area contributed by atoms with Crippen LogP contribution < -0.4 is 0 Å². The van der Waals surface area contributed by atoms with Crippen LogP contribution in [-0.4, -0.2) is 52.5 Å². The Balaban J connectivity index is 1.26. The third-order valence-corrected chi connectivity index (χ3v) is 13.1. The largest absolute Gasteiger partial charge is 0.381 e. The van der Waals surface area contributed by atoms with Crippen molar-refractivity contribution in [3.05, 3.63) is 0 Å². The predicted octanol–water partition coefficient (Wildman–Crippen LogP) is 5.40. The topological polar surface area (TPSA) is 71.1 Å². The normalized spacial score (nSPS) is 56.6. The number of rotatable bonds is 3. The minimum Gasteiger partial charge on any atom is -0.381 e. The maximum atomic E-state index is 12.2. The highest BCUT2D eigenvalue weighted by molar-refractivity contribution is 7.86. The highest BCUT2D eigenvalue weighted by Crippen LogP contribution is 2.71. The molecule has 0 N–H and O–H groups in total. The van der Waals surface area contributed by atoms with E-state index in [-0.39, 0.29) is 23.4 Å². The molecule has 0 aromatic carbocycles. The van der Waals surface area contributed by atoms with Crippen LogP contribution in [0.15, 0.2) is 0 Å². The molecule has 2 heterocycles. The summed E-state index contributed by atoms with van der Waals surface area (Å²) in [6.45, 7) is 10.1. The lowest BCUT2D eigenvalue weighted by atomic mass is 9.44. The molecule has 6 fully saturated rings. The van der Waals surface area contributed by atoms with Crippen LogP contribution in [0.3, 0.4) is 0 Å². The fourth-order valence-electron chi connectivity index (χ4n) is 10.9. The number of hydrogen-bond acceptors (Lipinski definition) is 6. The number of ether oxygens (including phenoxy) is 3. The molecule has 0 unspecified atom stereocenters. The fourth-order valence-corrected chi connectivity index (χ4v) is 11.5. The second kappa shape index (κ2) is 8.64. The van der Waals surface area contributed by atoms with Gasteiger partial charge in [0.15, 0.2) is 5.79 Å². The van der Waals surface area contributed by atoms with E-state index >= 15 is 0 Å². The van der Waals surface area contributed by atoms with Gasteiger partial charge in [-0.05, 0) is 104 Å². The van der Waals surface area contributed by atoms with E-state index < -0.39 is 22.0 Å². The Hall–Kier alpha value is -0.210. The van der Waals surface area contributed by atoms with Gasteiger partial charge in [0, 0.05) is 13.0 Å². The van der Waals surface area contributed by atoms with E-state index in [4.69, 9.17) is 18.4 Å². The van der Waals surface area contributed by atoms with Crippen LogP contribution in [0.5, 0.6) is 0 Å². The van der Waals surface area contributed by atoms with E-state index in [0.29, 0.717) is 36.4 Å². The quantitative estimate of drug-likeness (QED) is 0.460. The van der Waals surface area contributed by atoms with Gasteiger partial charge in [-0.2, -0.15) is 8.42 Å². The summed E-state index contributed by atoms with van der Waals surface area (Å²) in [5.41, 5.74) is 0.658. The lowest BCUT2D eigenvalue weighted by Crippen LogP contribution is -2.58. The fraction of sp³-hybridized carbons (Fsp3) is 1.00. The van der Waals surface area contributed by atoms with Crippen molar-refractivity contribution in [2.24, 2.45) is 52.3 Å². The van der Waals surface area contributed by atoms with Gasteiger partial charge in [0.25, 0.3) is 10.1 Å². The van der Waals surface area contributed by atoms with E-state index in [1.807, 2.05) is 7.11 Å². The van der Waals surface area contributed by atoms with Gasteiger partial charge >= 0.3 is 0 Å². The molecule has 4 aliphatic carbocycles. The highest BCUT2D eigenvalue weighted by atomic mass is 32.2. The van der Waals surface area contributed by atoms with Gasteiger partial charge < -0.3 is 14.2 Å². The molecule has 6 rings (SSSR count). The van der Waals surface area contributed by atoms with Gasteiger partial charge in [-0.1, -0.05) is 27.7 Å². The minimum atomic E-state index is -3.61. The standard InChI is InChI=1S/C29H48O6S/c1-17-13-25(35-36(6,30)31)29(33-16-17)18(2)26-24(34-29)15-23-21-8-7-19-14-20(32-5)9-11-27(19,3)22(21)10-12-28(23,26)4/h17-26H,7-16H2,1-6H3/t17-,18+,19+,20+,21-,22+,23+,24+,25-,26+,27+,28+,29+/m1/s1. The van der Waals surface area contributed by atoms with Gasteiger partial charge in [-0.15, -0.1) is 0 Å². The Morgan fingerprint density at radius 1 is 0.917 bits per heavy atom. The Labute approximate surface area is 218 Å². The first-order valence-electron chi connectivity index (χ1n) is 14.6. The molecule has 7 heteroatoms. The molecule has 0 aromatic rings. The summed E-state index contributed by atoms with van der Waals surface area (Å²) in [6, 6.07) is 0. The van der Waals surface area contributed by atoms with Crippen LogP contribution in [0.1, 0.15) is 85.5 Å². The minimum absolute atomic E-state index is 0.109. The summed E-state index contributed by atoms with van der Waals surface area (Å²) < 4.78 is 49.2. The summed E-state index contributed by atoms with van der Waals surface area (Å²) in [5, 5.41) is 0. The van der Waals surface area contributed by atoms with Crippen molar-refractivity contribution in [1.82, 2.24) is 0 Å². The first kappa shape index (κ1) is 26.0. The van der Waals surface area contributed by atoms with E-state index in [9.17, 15) is 8.42 Å². The third kappa shape index (κ3) is 3.72. The summed E-state index contributed by atoms with van der Waals surface area (Å²) in [7, 11) is -1.72. The average molecular weight is 525 g/mol. The van der Waals surface area contributed by atoms with Crippen LogP contribution in [0.2, 0.25) is 0 Å². The molecule has 36 heavy (non-hydrogen) atoms. The molecule has 0 bridgehead atoms. The summed E-state index contributed by atoms with van der Waals surface area (Å²) in [5.74, 6) is 2.86. The highest BCUT2D eigenvalue weighted by Gasteiger charge is 2.71. The second-order valence-electron chi connectivity index (χ2n) is 14.2. The number of hydrogen-bond donors (Lipinski definition) is 0. The molecule has 0 radical (unpaired) electrons. The van der Waals surface area contributed by atoms with E-state index in [0.717, 1.165) is 30.4 Å². The first-order valence-corrected chi connectivity index (χ1v) is 16.5. The lowest BCUT2D eigenvalue weighted by Gasteiger charge is -2.61. The zero-order chi connectivity index (χ0) is 25.7. The molecular weight excluding hydrogens is 476 g/mol. The molecule has 6 aliphatic rings. The van der Waals surface area contributed by atoms with Crippen molar-refractivity contribution in [3.63, 3.8) is 0 Å². The van der Waals surface area contributed by atoms with Crippen LogP contribution in [0.25, 0.3) is 0 Å². The van der Waals surface area contributed by atoms with Crippen molar-refractivity contribution in [1.29, 1.82) is 0 Å². The molecule has 13 atom stereocenters. The summed E-state index contributed by atoms with van der Waals surface area (Å²) in [4.78, 5) is 0. The van der Waals surface area contributed by atoms with E-state index in [1.165, 1.54) is 44.9 Å². The molecule has 2 aliphatic heterocycles. The van der Waals surface area contributed by atoms with Crippen LogP contribution in [0.4, 0.5) is 0 Å². The molecule has 206 valence electrons. The third-order valence-electron chi connectivity index (χ3n) is 12.5. The maximum Gasteiger partial charge on any atom is 0.264 e. The Morgan fingerprint density at radius 3 is 2.39 bits per heavy atom. The zero-order valence-electron chi connectivity index (χ0n) is 23.2. The van der Waals surface area contributed by atoms with Crippen molar-refractivity contribution >= 4 is 10.1 Å². The van der Waals surface area contributed by atoms with Crippen molar-refractivity contribution < 1.29 is 26.8 Å². The lowest BCUT2D eigenvalue weighted by molar-refractivity contribution is -0.310. The molecule has 1 spiro atoms. The van der Waals surface area contributed by atoms with Gasteiger partial charge in [0.05, 0.1) is 25.1 Å². The molecule has 2 saturated heterocycles. The van der Waals surface area contributed by atoms with E-state index in [2.05, 4.69) is 27.7 Å². The smallest absolute Gasteiger partial charge is 0.264 e. The van der Waals surface area contributed by atoms with Gasteiger partial charge in [-0.3, -0.25) is 4.18 Å². The monoisotopic (exact) mass is 524 g/mol. The number of fused-ring (bicyclic) bond motifs is 7. The van der Waals surface area contributed by atoms with Crippen molar-refractivity contribution in [3.8, 4) is 0 Å². The summed E-state index contributed by atoms with van der Waals surface area (Å²) >= 11 is 0. The van der Waals surface area contributed by atoms with Crippen molar-refractivity contribution in [2.75, 3.05) is 20.0 Å². The van der Waals surface area contributed by atoms with E-state index in [1.54, 1.807) is 0 Å². The van der Waals surface area contributed by atoms with Gasteiger partial charge in [0.2, 0.25) is 0 Å². The van der Waals surface area contributed by atoms with Gasteiger partial charge in [-0.25, -0.2) is 0 Å².